The van der Waals surface area contributed by atoms with Crippen LogP contribution in [-0.2, 0) is 0 Å². The van der Waals surface area contributed by atoms with Gasteiger partial charge in [0, 0.05) is 4.88 Å². The molecule has 1 aromatic carbocycles. The Kier molecular flexibility index (Phi) is 2.60. The molecule has 0 spiro atoms. The second kappa shape index (κ2) is 3.61. The number of methoxy groups -OCH3 is 1. The van der Waals surface area contributed by atoms with Crippen molar-refractivity contribution in [3.63, 3.8) is 0 Å². The number of hydrogen-bond donors (Lipinski definition) is 0. The van der Waals surface area contributed by atoms with Crippen LogP contribution in [0.5, 0.6) is 5.75 Å². The highest BCUT2D eigenvalue weighted by molar-refractivity contribution is 7.19. The summed E-state index contributed by atoms with van der Waals surface area (Å²) in [5.74, 6) is 0.627. The summed E-state index contributed by atoms with van der Waals surface area (Å²) in [5, 5.41) is 2.15. The molecule has 0 fully saturated rings. The first-order chi connectivity index (χ1) is 6.63. The molecule has 0 saturated carbocycles. The molecule has 0 aliphatic heterocycles. The van der Waals surface area contributed by atoms with Crippen LogP contribution in [0.2, 0.25) is 10.0 Å². The maximum atomic E-state index is 6.12. The Morgan fingerprint density at radius 2 is 1.93 bits per heavy atom. The Morgan fingerprint density at radius 3 is 2.57 bits per heavy atom. The SMILES string of the molecule is COc1cc2cc(C)sc2c(Cl)c1Cl. The van der Waals surface area contributed by atoms with Crippen LogP contribution in [0.3, 0.4) is 0 Å². The summed E-state index contributed by atoms with van der Waals surface area (Å²) in [6.45, 7) is 2.04. The number of fused-ring (bicyclic) bond motifs is 1. The van der Waals surface area contributed by atoms with Crippen molar-refractivity contribution < 1.29 is 4.74 Å². The largest absolute Gasteiger partial charge is 0.495 e. The van der Waals surface area contributed by atoms with Gasteiger partial charge in [-0.05, 0) is 24.4 Å². The summed E-state index contributed by atoms with van der Waals surface area (Å²) in [7, 11) is 1.59. The van der Waals surface area contributed by atoms with Gasteiger partial charge >= 0.3 is 0 Å². The zero-order valence-corrected chi connectivity index (χ0v) is 10.1. The lowest BCUT2D eigenvalue weighted by Crippen LogP contribution is -1.84. The third-order valence-electron chi connectivity index (χ3n) is 2.00. The zero-order valence-electron chi connectivity index (χ0n) is 7.73. The highest BCUT2D eigenvalue weighted by Gasteiger charge is 2.12. The fourth-order valence-electron chi connectivity index (χ4n) is 1.37. The minimum atomic E-state index is 0.489. The van der Waals surface area contributed by atoms with E-state index in [1.807, 2.05) is 13.0 Å². The van der Waals surface area contributed by atoms with Crippen LogP contribution >= 0.6 is 34.5 Å². The van der Waals surface area contributed by atoms with E-state index in [9.17, 15) is 0 Å². The van der Waals surface area contributed by atoms with E-state index in [-0.39, 0.29) is 0 Å². The monoisotopic (exact) mass is 246 g/mol. The van der Waals surface area contributed by atoms with Gasteiger partial charge in [-0.15, -0.1) is 11.3 Å². The molecule has 1 aromatic heterocycles. The van der Waals surface area contributed by atoms with Crippen LogP contribution in [0.4, 0.5) is 0 Å². The molecule has 0 aliphatic carbocycles. The van der Waals surface area contributed by atoms with Crippen LogP contribution in [0.1, 0.15) is 4.88 Å². The van der Waals surface area contributed by atoms with Gasteiger partial charge in [0.05, 0.1) is 16.8 Å². The topological polar surface area (TPSA) is 9.23 Å². The van der Waals surface area contributed by atoms with Gasteiger partial charge in [-0.25, -0.2) is 0 Å². The first-order valence-electron chi connectivity index (χ1n) is 4.05. The third-order valence-corrected chi connectivity index (χ3v) is 4.04. The van der Waals surface area contributed by atoms with E-state index in [1.54, 1.807) is 18.4 Å². The molecule has 4 heteroatoms. The number of rotatable bonds is 1. The minimum absolute atomic E-state index is 0.489. The maximum Gasteiger partial charge on any atom is 0.139 e. The van der Waals surface area contributed by atoms with E-state index in [0.29, 0.717) is 15.8 Å². The molecular weight excluding hydrogens is 239 g/mol. The van der Waals surface area contributed by atoms with Crippen molar-refractivity contribution in [1.82, 2.24) is 0 Å². The van der Waals surface area contributed by atoms with Gasteiger partial charge in [-0.1, -0.05) is 23.2 Å². The molecule has 1 nitrogen and oxygen atoms in total. The number of aryl methyl sites for hydroxylation is 1. The van der Waals surface area contributed by atoms with Crippen LogP contribution < -0.4 is 4.74 Å². The van der Waals surface area contributed by atoms with Crippen LogP contribution in [0.25, 0.3) is 10.1 Å². The second-order valence-corrected chi connectivity index (χ2v) is 4.99. The van der Waals surface area contributed by atoms with E-state index >= 15 is 0 Å². The Hall–Kier alpha value is -0.440. The molecule has 74 valence electrons. The van der Waals surface area contributed by atoms with Gasteiger partial charge in [-0.3, -0.25) is 0 Å². The zero-order chi connectivity index (χ0) is 10.3. The number of benzene rings is 1. The minimum Gasteiger partial charge on any atom is -0.495 e. The van der Waals surface area contributed by atoms with Crippen molar-refractivity contribution in [3.8, 4) is 5.75 Å². The maximum absolute atomic E-state index is 6.12. The molecular formula is C10H8Cl2OS. The highest BCUT2D eigenvalue weighted by Crippen LogP contribution is 2.41. The lowest BCUT2D eigenvalue weighted by atomic mass is 10.2. The van der Waals surface area contributed by atoms with Gasteiger partial charge < -0.3 is 4.74 Å². The number of thiophene rings is 1. The molecule has 0 unspecified atom stereocenters. The van der Waals surface area contributed by atoms with Gasteiger partial charge in [0.1, 0.15) is 10.8 Å². The molecule has 0 saturated heterocycles. The van der Waals surface area contributed by atoms with Crippen LogP contribution in [0, 0.1) is 6.92 Å². The summed E-state index contributed by atoms with van der Waals surface area (Å²) in [4.78, 5) is 1.21. The Morgan fingerprint density at radius 1 is 1.21 bits per heavy atom. The van der Waals surface area contributed by atoms with E-state index in [4.69, 9.17) is 27.9 Å². The van der Waals surface area contributed by atoms with E-state index in [1.165, 1.54) is 4.88 Å². The summed E-state index contributed by atoms with van der Waals surface area (Å²) in [5.41, 5.74) is 0. The quantitative estimate of drug-likeness (QED) is 0.719. The standard InChI is InChI=1S/C10H8Cl2OS/c1-5-3-6-4-7(13-2)8(11)9(12)10(6)14-5/h3-4H,1-2H3. The van der Waals surface area contributed by atoms with Gasteiger partial charge in [0.15, 0.2) is 0 Å². The smallest absolute Gasteiger partial charge is 0.139 e. The van der Waals surface area contributed by atoms with Gasteiger partial charge in [0.2, 0.25) is 0 Å². The van der Waals surface area contributed by atoms with Crippen molar-refractivity contribution >= 4 is 44.6 Å². The van der Waals surface area contributed by atoms with E-state index in [0.717, 1.165) is 10.1 Å². The highest BCUT2D eigenvalue weighted by atomic mass is 35.5. The van der Waals surface area contributed by atoms with Gasteiger partial charge in [-0.2, -0.15) is 0 Å². The molecule has 0 atom stereocenters. The summed E-state index contributed by atoms with van der Waals surface area (Å²) in [6.07, 6.45) is 0. The van der Waals surface area contributed by atoms with Crippen molar-refractivity contribution in [2.24, 2.45) is 0 Å². The number of ether oxygens (including phenoxy) is 1. The molecule has 14 heavy (non-hydrogen) atoms. The number of halogens is 2. The first-order valence-corrected chi connectivity index (χ1v) is 5.63. The molecule has 0 aliphatic rings. The van der Waals surface area contributed by atoms with Crippen molar-refractivity contribution in [3.05, 3.63) is 27.1 Å². The fourth-order valence-corrected chi connectivity index (χ4v) is 2.91. The van der Waals surface area contributed by atoms with Crippen molar-refractivity contribution in [2.45, 2.75) is 6.92 Å². The molecule has 0 radical (unpaired) electrons. The molecule has 0 N–H and O–H groups in total. The van der Waals surface area contributed by atoms with Crippen molar-refractivity contribution in [2.75, 3.05) is 7.11 Å². The van der Waals surface area contributed by atoms with Crippen LogP contribution in [0.15, 0.2) is 12.1 Å². The van der Waals surface area contributed by atoms with E-state index < -0.39 is 0 Å². The molecule has 0 amide bonds. The predicted molar refractivity (Wildman–Crippen MR) is 63.1 cm³/mol. The average Bonchev–Trinajstić information content (AvgIpc) is 2.52. The van der Waals surface area contributed by atoms with Crippen molar-refractivity contribution in [1.29, 1.82) is 0 Å². The fraction of sp³-hybridized carbons (Fsp3) is 0.200. The average molecular weight is 247 g/mol. The Bertz CT molecular complexity index is 490. The molecule has 2 aromatic rings. The number of hydrogen-bond acceptors (Lipinski definition) is 2. The third kappa shape index (κ3) is 1.48. The predicted octanol–water partition coefficient (Wildman–Crippen LogP) is 4.53. The Balaban J connectivity index is 2.84. The Labute approximate surface area is 96.2 Å². The second-order valence-electron chi connectivity index (χ2n) is 2.98. The summed E-state index contributed by atoms with van der Waals surface area (Å²) < 4.78 is 6.15. The van der Waals surface area contributed by atoms with Crippen LogP contribution in [-0.4, -0.2) is 7.11 Å². The molecule has 0 bridgehead atoms. The molecule has 2 rings (SSSR count). The lowest BCUT2D eigenvalue weighted by Gasteiger charge is -2.04. The summed E-state index contributed by atoms with van der Waals surface area (Å²) >= 11 is 13.8. The summed E-state index contributed by atoms with van der Waals surface area (Å²) in [6, 6.07) is 3.98. The van der Waals surface area contributed by atoms with E-state index in [2.05, 4.69) is 6.07 Å². The lowest BCUT2D eigenvalue weighted by molar-refractivity contribution is 0.415. The normalized spacial score (nSPS) is 10.9. The first kappa shape index (κ1) is 10.1. The molecule has 1 heterocycles. The van der Waals surface area contributed by atoms with Gasteiger partial charge in [0.25, 0.3) is 0 Å².